The highest BCUT2D eigenvalue weighted by Gasteiger charge is 2.75. The van der Waals surface area contributed by atoms with Crippen molar-refractivity contribution >= 4 is 7.26 Å². The summed E-state index contributed by atoms with van der Waals surface area (Å²) in [4.78, 5) is 0. The van der Waals surface area contributed by atoms with Crippen molar-refractivity contribution in [2.24, 2.45) is 5.92 Å². The van der Waals surface area contributed by atoms with Crippen molar-refractivity contribution in [1.82, 2.24) is 0 Å². The van der Waals surface area contributed by atoms with Crippen LogP contribution in [0.5, 0.6) is 0 Å². The molecule has 41 heavy (non-hydrogen) atoms. The van der Waals surface area contributed by atoms with Gasteiger partial charge in [0, 0.05) is 20.1 Å². The van der Waals surface area contributed by atoms with Crippen molar-refractivity contribution in [2.45, 2.75) is 69.3 Å². The maximum Gasteiger partial charge on any atom is 0.462 e. The Hall–Kier alpha value is -1.12. The first kappa shape index (κ1) is 39.9. The Labute approximate surface area is 233 Å². The Morgan fingerprint density at radius 1 is 0.634 bits per heavy atom. The largest absolute Gasteiger partial charge is 1.00 e. The zero-order valence-corrected chi connectivity index (χ0v) is 23.2. The lowest BCUT2D eigenvalue weighted by molar-refractivity contribution is -0.424. The Bertz CT molecular complexity index is 862. The Kier molecular flexibility index (Phi) is 14.2. The molecule has 0 aliphatic heterocycles. The third kappa shape index (κ3) is 10.5. The van der Waals surface area contributed by atoms with Gasteiger partial charge in [0.1, 0.15) is 0 Å². The molecule has 18 heteroatoms. The number of halogens is 15. The SMILES string of the molecule is CC(C)C[P+](CCCOC(F)(F)C(F)(F)C(F)(F)F)(CCCOC(F)(F)C(F)(F)C(F)(F)F)Cc1ccccc1.[Cl-]. The van der Waals surface area contributed by atoms with Gasteiger partial charge in [-0.1, -0.05) is 44.2 Å². The summed E-state index contributed by atoms with van der Waals surface area (Å²) in [5, 5.41) is 0. The van der Waals surface area contributed by atoms with Crippen molar-refractivity contribution in [3.8, 4) is 0 Å². The minimum absolute atomic E-state index is 0. The maximum atomic E-state index is 13.5. The molecule has 1 aromatic rings. The zero-order valence-electron chi connectivity index (χ0n) is 21.6. The summed E-state index contributed by atoms with van der Waals surface area (Å²) in [5.74, 6) is -13.1. The molecule has 0 spiro atoms. The minimum Gasteiger partial charge on any atom is -1.00 e. The molecule has 0 N–H and O–H groups in total. The van der Waals surface area contributed by atoms with Gasteiger partial charge in [0.05, 0.1) is 37.9 Å². The summed E-state index contributed by atoms with van der Waals surface area (Å²) in [5.41, 5.74) is 0.668. The van der Waals surface area contributed by atoms with E-state index in [1.807, 2.05) is 0 Å². The molecule has 0 aromatic heterocycles. The average Bonchev–Trinajstić information content (AvgIpc) is 2.78. The molecule has 0 atom stereocenters. The molecule has 242 valence electrons. The van der Waals surface area contributed by atoms with E-state index in [2.05, 4.69) is 9.47 Å². The topological polar surface area (TPSA) is 18.5 Å². The van der Waals surface area contributed by atoms with Crippen molar-refractivity contribution in [3.05, 3.63) is 35.9 Å². The summed E-state index contributed by atoms with van der Waals surface area (Å²) in [7, 11) is -2.55. The Morgan fingerprint density at radius 3 is 1.32 bits per heavy atom. The van der Waals surface area contributed by atoms with Crippen LogP contribution in [0.25, 0.3) is 0 Å². The van der Waals surface area contributed by atoms with Gasteiger partial charge < -0.3 is 21.9 Å². The van der Waals surface area contributed by atoms with E-state index < -0.39 is 69.7 Å². The molecule has 0 bridgehead atoms. The molecule has 0 fully saturated rings. The van der Waals surface area contributed by atoms with Crippen LogP contribution in [0.2, 0.25) is 0 Å². The number of hydrogen-bond donors (Lipinski definition) is 0. The molecule has 0 aliphatic carbocycles. The summed E-state index contributed by atoms with van der Waals surface area (Å²) < 4.78 is 188. The molecular weight excluding hydrogens is 641 g/mol. The quantitative estimate of drug-likeness (QED) is 0.118. The van der Waals surface area contributed by atoms with Gasteiger partial charge in [-0.3, -0.25) is 0 Å². The van der Waals surface area contributed by atoms with Crippen molar-refractivity contribution in [3.63, 3.8) is 0 Å². The molecule has 0 unspecified atom stereocenters. The fourth-order valence-corrected chi connectivity index (χ4v) is 9.14. The first-order valence-corrected chi connectivity index (χ1v) is 14.3. The highest BCUT2D eigenvalue weighted by atomic mass is 35.5. The van der Waals surface area contributed by atoms with Crippen LogP contribution in [0.4, 0.5) is 61.5 Å². The summed E-state index contributed by atoms with van der Waals surface area (Å²) >= 11 is 0. The van der Waals surface area contributed by atoms with Gasteiger partial charge in [-0.05, 0) is 11.5 Å². The normalized spacial score (nSPS) is 14.4. The van der Waals surface area contributed by atoms with Gasteiger partial charge in [-0.15, -0.1) is 0 Å². The summed E-state index contributed by atoms with van der Waals surface area (Å²) in [6, 6.07) is 8.21. The highest BCUT2D eigenvalue weighted by Crippen LogP contribution is 2.63. The molecule has 0 saturated heterocycles. The van der Waals surface area contributed by atoms with Gasteiger partial charge >= 0.3 is 36.4 Å². The van der Waals surface area contributed by atoms with Crippen LogP contribution in [0, 0.1) is 5.92 Å². The molecule has 2 nitrogen and oxygen atoms in total. The number of hydrogen-bond acceptors (Lipinski definition) is 2. The number of alkyl halides is 14. The van der Waals surface area contributed by atoms with Gasteiger partial charge in [-0.2, -0.15) is 61.5 Å². The fraction of sp³-hybridized carbons (Fsp3) is 0.739. The number of rotatable bonds is 16. The van der Waals surface area contributed by atoms with Crippen LogP contribution in [0.15, 0.2) is 30.3 Å². The standard InChI is InChI=1S/C23H28F14O2P.ClH/c1-16(2)14-40(15-17-8-4-3-5-9-17,12-6-10-38-22(34,35)18(24,25)20(28,29)30)13-7-11-39-23(36,37)19(26,27)21(31,32)33;/h3-5,8-9,16H,6-7,10-15H2,1-2H3;1H/q+1;/p-1. The van der Waals surface area contributed by atoms with Gasteiger partial charge in [0.25, 0.3) is 0 Å². The van der Waals surface area contributed by atoms with E-state index in [9.17, 15) is 61.5 Å². The zero-order chi connectivity index (χ0) is 31.3. The van der Waals surface area contributed by atoms with Crippen molar-refractivity contribution < 1.29 is 83.3 Å². The number of benzene rings is 1. The van der Waals surface area contributed by atoms with Crippen LogP contribution in [0.3, 0.4) is 0 Å². The molecule has 0 saturated carbocycles. The highest BCUT2D eigenvalue weighted by molar-refractivity contribution is 7.75. The van der Waals surface area contributed by atoms with E-state index in [4.69, 9.17) is 0 Å². The first-order valence-electron chi connectivity index (χ1n) is 11.7. The van der Waals surface area contributed by atoms with Crippen LogP contribution in [0.1, 0.15) is 32.3 Å². The van der Waals surface area contributed by atoms with Gasteiger partial charge in [0.15, 0.2) is 0 Å². The Morgan fingerprint density at radius 2 is 1.00 bits per heavy atom. The lowest BCUT2D eigenvalue weighted by atomic mass is 10.2. The van der Waals surface area contributed by atoms with E-state index in [1.165, 1.54) is 0 Å². The van der Waals surface area contributed by atoms with Crippen LogP contribution in [-0.2, 0) is 15.6 Å². The second-order valence-electron chi connectivity index (χ2n) is 9.59. The predicted molar refractivity (Wildman–Crippen MR) is 120 cm³/mol. The smallest absolute Gasteiger partial charge is 0.462 e. The second kappa shape index (κ2) is 14.6. The fourth-order valence-electron chi connectivity index (χ4n) is 3.97. The average molecular weight is 669 g/mol. The molecule has 0 amide bonds. The van der Waals surface area contributed by atoms with Crippen LogP contribution >= 0.6 is 7.26 Å². The summed E-state index contributed by atoms with van der Waals surface area (Å²) in [6.45, 7) is 0.977. The molecule has 1 aromatic carbocycles. The van der Waals surface area contributed by atoms with E-state index >= 15 is 0 Å². The van der Waals surface area contributed by atoms with E-state index in [-0.39, 0.29) is 36.8 Å². The second-order valence-corrected chi connectivity index (χ2v) is 13.8. The molecule has 0 heterocycles. The van der Waals surface area contributed by atoms with Crippen LogP contribution in [-0.4, -0.2) is 68.1 Å². The van der Waals surface area contributed by atoms with Gasteiger partial charge in [0.2, 0.25) is 0 Å². The van der Waals surface area contributed by atoms with E-state index in [0.29, 0.717) is 11.7 Å². The third-order valence-electron chi connectivity index (χ3n) is 5.68. The first-order chi connectivity index (χ1) is 17.9. The maximum absolute atomic E-state index is 13.5. The lowest BCUT2D eigenvalue weighted by Crippen LogP contribution is -3.00. The minimum atomic E-state index is -6.59. The Balaban J connectivity index is 0.0000160. The van der Waals surface area contributed by atoms with Crippen molar-refractivity contribution in [1.29, 1.82) is 0 Å². The molecule has 0 radical (unpaired) electrons. The lowest BCUT2D eigenvalue weighted by Gasteiger charge is -2.31. The number of ether oxygens (including phenoxy) is 2. The van der Waals surface area contributed by atoms with E-state index in [0.717, 1.165) is 0 Å². The molecule has 0 aliphatic rings. The van der Waals surface area contributed by atoms with Crippen LogP contribution < -0.4 is 12.4 Å². The predicted octanol–water partition coefficient (Wildman–Crippen LogP) is 6.26. The van der Waals surface area contributed by atoms with E-state index in [1.54, 1.807) is 44.2 Å². The third-order valence-corrected chi connectivity index (χ3v) is 10.7. The monoisotopic (exact) mass is 668 g/mol. The van der Waals surface area contributed by atoms with Gasteiger partial charge in [-0.25, -0.2) is 0 Å². The molecular formula is C23H28ClF14O2P. The molecule has 1 rings (SSSR count). The van der Waals surface area contributed by atoms with Crippen molar-refractivity contribution in [2.75, 3.05) is 31.7 Å². The summed E-state index contributed by atoms with van der Waals surface area (Å²) in [6.07, 6.45) is -25.5.